The molecular weight excluding hydrogens is 192 g/mol. The summed E-state index contributed by atoms with van der Waals surface area (Å²) in [5.41, 5.74) is -0.0712. The van der Waals surface area contributed by atoms with Crippen molar-refractivity contribution in [2.24, 2.45) is 22.2 Å². The van der Waals surface area contributed by atoms with Gasteiger partial charge in [-0.1, -0.05) is 32.9 Å². The minimum Gasteiger partial charge on any atom is -0.286 e. The molecule has 0 aromatic rings. The predicted molar refractivity (Wildman–Crippen MR) is 58.6 cm³/mol. The topological polar surface area (TPSA) is 55.5 Å². The van der Waals surface area contributed by atoms with Crippen molar-refractivity contribution in [1.82, 2.24) is 0 Å². The van der Waals surface area contributed by atoms with Gasteiger partial charge in [0, 0.05) is 16.6 Å². The summed E-state index contributed by atoms with van der Waals surface area (Å²) in [5.74, 6) is 0.353. The fourth-order valence-corrected chi connectivity index (χ4v) is 2.39. The fourth-order valence-electron chi connectivity index (χ4n) is 2.39. The molecule has 82 valence electrons. The van der Waals surface area contributed by atoms with Gasteiger partial charge in [-0.3, -0.25) is 15.1 Å². The first-order valence-corrected chi connectivity index (χ1v) is 5.29. The molecule has 0 aromatic carbocycles. The lowest BCUT2D eigenvalue weighted by atomic mass is 9.65. The lowest BCUT2D eigenvalue weighted by molar-refractivity contribution is -0.552. The van der Waals surface area contributed by atoms with Gasteiger partial charge in [0.15, 0.2) is 0 Å². The average molecular weight is 208 g/mol. The Bertz CT molecular complexity index is 322. The highest BCUT2D eigenvalue weighted by Crippen LogP contribution is 2.42. The summed E-state index contributed by atoms with van der Waals surface area (Å²) in [6.45, 7) is 6.16. The molecule has 0 amide bonds. The van der Waals surface area contributed by atoms with Crippen LogP contribution < -0.4 is 0 Å². The summed E-state index contributed by atoms with van der Waals surface area (Å²) in [7, 11) is 0. The van der Waals surface area contributed by atoms with Crippen molar-refractivity contribution in [3.8, 4) is 0 Å². The van der Waals surface area contributed by atoms with E-state index in [1.54, 1.807) is 0 Å². The first-order chi connectivity index (χ1) is 6.92. The summed E-state index contributed by atoms with van der Waals surface area (Å²) < 4.78 is 0. The van der Waals surface area contributed by atoms with Crippen LogP contribution in [-0.2, 0) is 0 Å². The summed E-state index contributed by atoms with van der Waals surface area (Å²) in [4.78, 5) is 15.0. The van der Waals surface area contributed by atoms with E-state index in [1.165, 1.54) is 0 Å². The monoisotopic (exact) mass is 208 g/mol. The third-order valence-electron chi connectivity index (χ3n) is 3.46. The van der Waals surface area contributed by atoms with Crippen LogP contribution in [0.2, 0.25) is 0 Å². The van der Waals surface area contributed by atoms with Crippen LogP contribution in [-0.4, -0.2) is 23.2 Å². The minimum absolute atomic E-state index is 0.0572. The molecule has 4 unspecified atom stereocenters. The van der Waals surface area contributed by atoms with E-state index in [4.69, 9.17) is 0 Å². The lowest BCUT2D eigenvalue weighted by Crippen LogP contribution is -2.57. The quantitative estimate of drug-likeness (QED) is 0.375. The molecule has 2 aliphatic heterocycles. The van der Waals surface area contributed by atoms with Crippen LogP contribution in [0.3, 0.4) is 0 Å². The molecule has 0 spiro atoms. The van der Waals surface area contributed by atoms with E-state index in [1.807, 2.05) is 25.3 Å². The number of aliphatic imine (C=N–C) groups is 1. The Balaban J connectivity index is 2.29. The molecule has 0 N–H and O–H groups in total. The third kappa shape index (κ3) is 1.58. The first kappa shape index (κ1) is 10.3. The Labute approximate surface area is 89.2 Å². The number of hydrogen-bond donors (Lipinski definition) is 0. The molecule has 1 aliphatic carbocycles. The van der Waals surface area contributed by atoms with Crippen LogP contribution in [0.1, 0.15) is 20.8 Å². The number of allylic oxidation sites excluding steroid dienone is 1. The van der Waals surface area contributed by atoms with E-state index in [9.17, 15) is 10.1 Å². The van der Waals surface area contributed by atoms with Gasteiger partial charge in [-0.15, -0.1) is 0 Å². The minimum atomic E-state index is -0.511. The van der Waals surface area contributed by atoms with E-state index in [2.05, 4.69) is 18.8 Å². The molecule has 4 atom stereocenters. The highest BCUT2D eigenvalue weighted by atomic mass is 16.6. The number of nitro groups is 1. The van der Waals surface area contributed by atoms with Crippen LogP contribution in [0.15, 0.2) is 17.1 Å². The molecule has 0 radical (unpaired) electrons. The predicted octanol–water partition coefficient (Wildman–Crippen LogP) is 1.93. The van der Waals surface area contributed by atoms with Crippen LogP contribution >= 0.6 is 0 Å². The molecule has 3 rings (SSSR count). The molecule has 0 aromatic heterocycles. The molecule has 15 heavy (non-hydrogen) atoms. The second-order valence-electron chi connectivity index (χ2n) is 5.16. The Morgan fingerprint density at radius 1 is 1.47 bits per heavy atom. The van der Waals surface area contributed by atoms with Crippen LogP contribution in [0, 0.1) is 27.4 Å². The zero-order valence-electron chi connectivity index (χ0n) is 9.25. The molecule has 2 heterocycles. The Morgan fingerprint density at radius 2 is 2.13 bits per heavy atom. The van der Waals surface area contributed by atoms with E-state index in [-0.39, 0.29) is 22.3 Å². The van der Waals surface area contributed by atoms with E-state index in [0.717, 1.165) is 0 Å². The van der Waals surface area contributed by atoms with E-state index in [0.29, 0.717) is 5.92 Å². The van der Waals surface area contributed by atoms with Crippen LogP contribution in [0.5, 0.6) is 0 Å². The van der Waals surface area contributed by atoms with Crippen LogP contribution in [0.25, 0.3) is 0 Å². The van der Waals surface area contributed by atoms with Gasteiger partial charge in [-0.05, 0) is 5.92 Å². The van der Waals surface area contributed by atoms with E-state index >= 15 is 0 Å². The Morgan fingerprint density at radius 3 is 2.73 bits per heavy atom. The summed E-state index contributed by atoms with van der Waals surface area (Å²) in [5, 5.41) is 10.9. The SMILES string of the molecule is CC1C2/C=C\C(C)(C)C=NC1C2[N+](=O)[O-]. The number of nitrogens with zero attached hydrogens (tertiary/aromatic N) is 2. The van der Waals surface area contributed by atoms with Crippen LogP contribution in [0.4, 0.5) is 0 Å². The second-order valence-corrected chi connectivity index (χ2v) is 5.16. The van der Waals surface area contributed by atoms with Crippen molar-refractivity contribution in [3.05, 3.63) is 22.3 Å². The first-order valence-electron chi connectivity index (χ1n) is 5.29. The zero-order chi connectivity index (χ0) is 11.2. The summed E-state index contributed by atoms with van der Waals surface area (Å²) >= 11 is 0. The highest BCUT2D eigenvalue weighted by molar-refractivity contribution is 5.68. The molecule has 1 fully saturated rings. The van der Waals surface area contributed by atoms with Gasteiger partial charge in [0.2, 0.25) is 6.04 Å². The Hall–Kier alpha value is -1.19. The second kappa shape index (κ2) is 3.15. The van der Waals surface area contributed by atoms with Gasteiger partial charge in [0.05, 0.1) is 5.92 Å². The average Bonchev–Trinajstić information content (AvgIpc) is 2.09. The Kier molecular flexibility index (Phi) is 2.17. The van der Waals surface area contributed by atoms with Gasteiger partial charge in [-0.25, -0.2) is 0 Å². The van der Waals surface area contributed by atoms with Crippen molar-refractivity contribution in [2.75, 3.05) is 0 Å². The van der Waals surface area contributed by atoms with Crippen molar-refractivity contribution in [2.45, 2.75) is 32.9 Å². The highest BCUT2D eigenvalue weighted by Gasteiger charge is 2.55. The molecular formula is C11H16N2O2. The van der Waals surface area contributed by atoms with Crippen molar-refractivity contribution in [1.29, 1.82) is 0 Å². The zero-order valence-corrected chi connectivity index (χ0v) is 9.25. The van der Waals surface area contributed by atoms with Gasteiger partial charge < -0.3 is 0 Å². The van der Waals surface area contributed by atoms with Gasteiger partial charge in [0.25, 0.3) is 0 Å². The van der Waals surface area contributed by atoms with Crippen molar-refractivity contribution < 1.29 is 4.92 Å². The van der Waals surface area contributed by atoms with Gasteiger partial charge in [0.1, 0.15) is 6.04 Å². The molecule has 4 nitrogen and oxygen atoms in total. The molecule has 2 bridgehead atoms. The van der Waals surface area contributed by atoms with Crippen molar-refractivity contribution >= 4 is 6.21 Å². The normalized spacial score (nSPS) is 43.7. The van der Waals surface area contributed by atoms with Gasteiger partial charge >= 0.3 is 0 Å². The van der Waals surface area contributed by atoms with Gasteiger partial charge in [-0.2, -0.15) is 0 Å². The largest absolute Gasteiger partial charge is 0.286 e. The van der Waals surface area contributed by atoms with Crippen molar-refractivity contribution in [3.63, 3.8) is 0 Å². The fraction of sp³-hybridized carbons (Fsp3) is 0.727. The molecule has 3 aliphatic rings. The molecule has 1 saturated carbocycles. The third-order valence-corrected chi connectivity index (χ3v) is 3.46. The molecule has 4 heteroatoms. The number of hydrogen-bond acceptors (Lipinski definition) is 3. The molecule has 0 saturated heterocycles. The van der Waals surface area contributed by atoms with E-state index < -0.39 is 6.04 Å². The lowest BCUT2D eigenvalue weighted by Gasteiger charge is -2.42. The summed E-state index contributed by atoms with van der Waals surface area (Å²) in [6.07, 6.45) is 5.87. The smallest absolute Gasteiger partial charge is 0.241 e. The maximum atomic E-state index is 10.9. The maximum absolute atomic E-state index is 10.9. The number of fused-ring (bicyclic) bond motifs is 2. The maximum Gasteiger partial charge on any atom is 0.241 e. The standard InChI is InChI=1S/C11H16N2O2/c1-7-8-4-5-11(2,3)6-12-9(7)10(8)13(14)15/h4-10H,1-3H3/b5-4-,12-6?. The summed E-state index contributed by atoms with van der Waals surface area (Å²) in [6, 6.07) is -0.641. The number of rotatable bonds is 1.